The van der Waals surface area contributed by atoms with Crippen molar-refractivity contribution in [2.45, 2.75) is 45.4 Å². The summed E-state index contributed by atoms with van der Waals surface area (Å²) in [5, 5.41) is 5.00. The van der Waals surface area contributed by atoms with E-state index in [1.165, 1.54) is 55.3 Å². The number of furan rings is 1. The van der Waals surface area contributed by atoms with Gasteiger partial charge in [-0.1, -0.05) is 119 Å². The number of para-hydroxylation sites is 3. The van der Waals surface area contributed by atoms with Gasteiger partial charge in [-0.25, -0.2) is 0 Å². The molecular formula is C47H37NO. The first-order valence-corrected chi connectivity index (χ1v) is 17.4. The monoisotopic (exact) mass is 631 g/mol. The van der Waals surface area contributed by atoms with Gasteiger partial charge in [0, 0.05) is 33.0 Å². The van der Waals surface area contributed by atoms with Crippen LogP contribution in [0.3, 0.4) is 0 Å². The molecule has 49 heavy (non-hydrogen) atoms. The van der Waals surface area contributed by atoms with Gasteiger partial charge in [-0.05, 0) is 110 Å². The Hall–Kier alpha value is -5.60. The molecule has 7 aromatic carbocycles. The molecule has 0 amide bonds. The lowest BCUT2D eigenvalue weighted by molar-refractivity contribution is 0.639. The highest BCUT2D eigenvalue weighted by atomic mass is 16.3. The highest BCUT2D eigenvalue weighted by Gasteiger charge is 2.41. The molecule has 0 N–H and O–H groups in total. The third kappa shape index (κ3) is 3.77. The van der Waals surface area contributed by atoms with E-state index < -0.39 is 0 Å². The number of benzene rings is 7. The lowest BCUT2D eigenvalue weighted by Gasteiger charge is -2.36. The van der Waals surface area contributed by atoms with Crippen LogP contribution in [0.2, 0.25) is 0 Å². The number of rotatable bonds is 3. The first-order valence-electron chi connectivity index (χ1n) is 17.4. The fourth-order valence-electron chi connectivity index (χ4n) is 9.01. The lowest BCUT2D eigenvalue weighted by Crippen LogP contribution is -2.24. The van der Waals surface area contributed by atoms with Gasteiger partial charge in [0.05, 0.1) is 5.69 Å². The minimum Gasteiger partial charge on any atom is -0.454 e. The SMILES string of the molecule is Cc1cccc2c1oc1c(N(c3ccccc3)c3ccc4c(c3)C(C)(C)c3cc5c(cc3-4)C(C)(C)c3cccc4cccc-5c34)cccc12. The van der Waals surface area contributed by atoms with Crippen molar-refractivity contribution in [3.05, 3.63) is 161 Å². The molecule has 0 aliphatic heterocycles. The molecule has 0 spiro atoms. The molecule has 8 aromatic rings. The molecule has 2 heteroatoms. The second-order valence-electron chi connectivity index (χ2n) is 15.0. The van der Waals surface area contributed by atoms with Crippen molar-refractivity contribution < 1.29 is 4.42 Å². The zero-order chi connectivity index (χ0) is 33.2. The molecule has 0 saturated heterocycles. The fraction of sp³-hybridized carbons (Fsp3) is 0.149. The Morgan fingerprint density at radius 3 is 1.88 bits per heavy atom. The Bertz CT molecular complexity index is 2670. The van der Waals surface area contributed by atoms with E-state index in [4.69, 9.17) is 4.42 Å². The minimum absolute atomic E-state index is 0.112. The second-order valence-corrected chi connectivity index (χ2v) is 15.0. The molecule has 2 aliphatic rings. The highest BCUT2D eigenvalue weighted by Crippen LogP contribution is 2.56. The van der Waals surface area contributed by atoms with Gasteiger partial charge in [0.2, 0.25) is 0 Å². The van der Waals surface area contributed by atoms with Crippen molar-refractivity contribution in [3.63, 3.8) is 0 Å². The van der Waals surface area contributed by atoms with Gasteiger partial charge in [-0.15, -0.1) is 0 Å². The van der Waals surface area contributed by atoms with E-state index in [0.29, 0.717) is 0 Å². The van der Waals surface area contributed by atoms with Gasteiger partial charge in [0.15, 0.2) is 5.58 Å². The molecular weight excluding hydrogens is 595 g/mol. The summed E-state index contributed by atoms with van der Waals surface area (Å²) in [6.45, 7) is 11.7. The Morgan fingerprint density at radius 2 is 1.10 bits per heavy atom. The summed E-state index contributed by atoms with van der Waals surface area (Å²) in [4.78, 5) is 2.37. The molecule has 2 aliphatic carbocycles. The Labute approximate surface area is 287 Å². The van der Waals surface area contributed by atoms with Crippen molar-refractivity contribution in [2.24, 2.45) is 0 Å². The molecule has 236 valence electrons. The summed E-state index contributed by atoms with van der Waals surface area (Å²) in [6, 6.07) is 49.3. The molecule has 1 aromatic heterocycles. The van der Waals surface area contributed by atoms with Gasteiger partial charge in [0.25, 0.3) is 0 Å². The van der Waals surface area contributed by atoms with Gasteiger partial charge < -0.3 is 9.32 Å². The summed E-state index contributed by atoms with van der Waals surface area (Å²) in [5.41, 5.74) is 16.9. The third-order valence-corrected chi connectivity index (χ3v) is 11.6. The average Bonchev–Trinajstić information content (AvgIpc) is 3.61. The van der Waals surface area contributed by atoms with E-state index in [0.717, 1.165) is 44.6 Å². The first-order chi connectivity index (χ1) is 23.7. The molecule has 2 nitrogen and oxygen atoms in total. The zero-order valence-electron chi connectivity index (χ0n) is 28.6. The predicted molar refractivity (Wildman–Crippen MR) is 206 cm³/mol. The average molecular weight is 632 g/mol. The maximum atomic E-state index is 6.71. The number of hydrogen-bond donors (Lipinski definition) is 0. The van der Waals surface area contributed by atoms with Crippen LogP contribution in [0.15, 0.2) is 138 Å². The van der Waals surface area contributed by atoms with Crippen LogP contribution >= 0.6 is 0 Å². The van der Waals surface area contributed by atoms with Crippen LogP contribution in [0.25, 0.3) is 55.0 Å². The van der Waals surface area contributed by atoms with Crippen LogP contribution in [-0.2, 0) is 10.8 Å². The fourth-order valence-corrected chi connectivity index (χ4v) is 9.01. The number of nitrogens with zero attached hydrogens (tertiary/aromatic N) is 1. The third-order valence-electron chi connectivity index (χ3n) is 11.6. The van der Waals surface area contributed by atoms with E-state index in [9.17, 15) is 0 Å². The zero-order valence-corrected chi connectivity index (χ0v) is 28.6. The largest absolute Gasteiger partial charge is 0.454 e. The summed E-state index contributed by atoms with van der Waals surface area (Å²) >= 11 is 0. The van der Waals surface area contributed by atoms with Crippen LogP contribution in [0.1, 0.15) is 55.5 Å². The van der Waals surface area contributed by atoms with Gasteiger partial charge in [-0.3, -0.25) is 0 Å². The lowest BCUT2D eigenvalue weighted by atomic mass is 9.67. The first kappa shape index (κ1) is 28.4. The van der Waals surface area contributed by atoms with Crippen molar-refractivity contribution in [2.75, 3.05) is 4.90 Å². The smallest absolute Gasteiger partial charge is 0.159 e. The number of aryl methyl sites for hydroxylation is 1. The molecule has 0 fully saturated rings. The van der Waals surface area contributed by atoms with Crippen LogP contribution in [0.5, 0.6) is 0 Å². The summed E-state index contributed by atoms with van der Waals surface area (Å²) in [6.07, 6.45) is 0. The molecule has 0 unspecified atom stereocenters. The van der Waals surface area contributed by atoms with Crippen LogP contribution in [0, 0.1) is 6.92 Å². The molecule has 1 heterocycles. The Morgan fingerprint density at radius 1 is 0.469 bits per heavy atom. The maximum absolute atomic E-state index is 6.71. The minimum atomic E-state index is -0.185. The van der Waals surface area contributed by atoms with Crippen LogP contribution < -0.4 is 4.90 Å². The molecule has 0 radical (unpaired) electrons. The van der Waals surface area contributed by atoms with Crippen molar-refractivity contribution in [1.29, 1.82) is 0 Å². The van der Waals surface area contributed by atoms with Gasteiger partial charge in [-0.2, -0.15) is 0 Å². The van der Waals surface area contributed by atoms with Gasteiger partial charge >= 0.3 is 0 Å². The van der Waals surface area contributed by atoms with Crippen molar-refractivity contribution in [1.82, 2.24) is 0 Å². The Kier molecular flexibility index (Phi) is 5.65. The number of anilines is 3. The van der Waals surface area contributed by atoms with E-state index >= 15 is 0 Å². The molecule has 10 rings (SSSR count). The van der Waals surface area contributed by atoms with E-state index in [2.05, 4.69) is 173 Å². The van der Waals surface area contributed by atoms with Crippen LogP contribution in [-0.4, -0.2) is 0 Å². The van der Waals surface area contributed by atoms with Crippen LogP contribution in [0.4, 0.5) is 17.1 Å². The highest BCUT2D eigenvalue weighted by molar-refractivity contribution is 6.11. The van der Waals surface area contributed by atoms with Gasteiger partial charge in [0.1, 0.15) is 5.58 Å². The predicted octanol–water partition coefficient (Wildman–Crippen LogP) is 13.1. The molecule has 0 atom stereocenters. The quantitative estimate of drug-likeness (QED) is 0.193. The van der Waals surface area contributed by atoms with Crippen molar-refractivity contribution >= 4 is 49.8 Å². The van der Waals surface area contributed by atoms with Crippen molar-refractivity contribution in [3.8, 4) is 22.3 Å². The maximum Gasteiger partial charge on any atom is 0.159 e. The molecule has 0 bridgehead atoms. The van der Waals surface area contributed by atoms with E-state index in [1.807, 2.05) is 0 Å². The number of fused-ring (bicyclic) bond motifs is 8. The second kappa shape index (κ2) is 9.74. The Balaban J connectivity index is 1.18. The summed E-state index contributed by atoms with van der Waals surface area (Å²) in [5.74, 6) is 0. The normalized spacial score (nSPS) is 15.0. The van der Waals surface area contributed by atoms with E-state index in [1.54, 1.807) is 0 Å². The number of hydrogen-bond acceptors (Lipinski definition) is 2. The summed E-state index contributed by atoms with van der Waals surface area (Å²) in [7, 11) is 0. The summed E-state index contributed by atoms with van der Waals surface area (Å²) < 4.78 is 6.71. The standard InChI is InChI=1S/C47H37NO/c1-28-13-9-19-34-35-20-12-22-42(45(35)49-44(28)34)48(30-16-7-6-8-17-30)31-23-24-32-36-26-41-37(27-40(36)47(4,5)39(32)25-31)33-18-10-14-29-15-11-21-38(43(29)33)46(41,2)3/h6-27H,1-5H3. The van der Waals surface area contributed by atoms with E-state index in [-0.39, 0.29) is 10.8 Å². The molecule has 0 saturated carbocycles. The topological polar surface area (TPSA) is 16.4 Å².